The van der Waals surface area contributed by atoms with E-state index in [0.29, 0.717) is 12.1 Å². The van der Waals surface area contributed by atoms with Gasteiger partial charge in [-0.2, -0.15) is 4.31 Å². The summed E-state index contributed by atoms with van der Waals surface area (Å²) in [6.45, 7) is 0.318. The van der Waals surface area contributed by atoms with E-state index in [-0.39, 0.29) is 48.3 Å². The molecule has 1 saturated carbocycles. The normalized spacial score (nSPS) is 24.3. The minimum absolute atomic E-state index is 0.0534. The second kappa shape index (κ2) is 7.73. The van der Waals surface area contributed by atoms with Crippen molar-refractivity contribution < 1.29 is 18.0 Å². The number of sulfonamides is 1. The molecule has 2 fully saturated rings. The van der Waals surface area contributed by atoms with Gasteiger partial charge >= 0.3 is 0 Å². The summed E-state index contributed by atoms with van der Waals surface area (Å²) in [5.41, 5.74) is 6.42. The molecule has 0 aromatic heterocycles. The summed E-state index contributed by atoms with van der Waals surface area (Å²) < 4.78 is 26.6. The Labute approximate surface area is 153 Å². The number of nitrogens with two attached hydrogens (primary N) is 1. The second-order valence-electron chi connectivity index (χ2n) is 6.82. The minimum Gasteiger partial charge on any atom is -0.354 e. The molecule has 1 aliphatic heterocycles. The molecule has 1 aromatic carbocycles. The molecule has 0 radical (unpaired) electrons. The van der Waals surface area contributed by atoms with Crippen LogP contribution in [0.3, 0.4) is 0 Å². The van der Waals surface area contributed by atoms with Crippen LogP contribution in [0.25, 0.3) is 0 Å². The lowest BCUT2D eigenvalue weighted by molar-refractivity contribution is -0.122. The maximum absolute atomic E-state index is 12.7. The van der Waals surface area contributed by atoms with Crippen molar-refractivity contribution in [3.05, 3.63) is 24.3 Å². The van der Waals surface area contributed by atoms with E-state index in [1.165, 1.54) is 12.1 Å². The summed E-state index contributed by atoms with van der Waals surface area (Å²) in [4.78, 5) is 23.8. The van der Waals surface area contributed by atoms with Crippen molar-refractivity contribution in [1.82, 2.24) is 9.62 Å². The molecule has 142 valence electrons. The van der Waals surface area contributed by atoms with Crippen molar-refractivity contribution in [2.75, 3.05) is 25.0 Å². The van der Waals surface area contributed by atoms with Gasteiger partial charge in [0.05, 0.1) is 11.4 Å². The zero-order valence-corrected chi connectivity index (χ0v) is 15.3. The number of benzene rings is 1. The second-order valence-corrected chi connectivity index (χ2v) is 8.76. The molecule has 3 rings (SSSR count). The molecule has 1 saturated heterocycles. The average molecular weight is 380 g/mol. The number of carbonyl (C=O) groups excluding carboxylic acids is 2. The molecule has 0 unspecified atom stereocenters. The lowest BCUT2D eigenvalue weighted by atomic mass is 10.00. The Balaban J connectivity index is 1.69. The highest BCUT2D eigenvalue weighted by Crippen LogP contribution is 2.27. The summed E-state index contributed by atoms with van der Waals surface area (Å²) in [6, 6.07) is 6.17. The minimum atomic E-state index is -3.78. The van der Waals surface area contributed by atoms with Crippen molar-refractivity contribution in [2.45, 2.75) is 36.6 Å². The third-order valence-electron chi connectivity index (χ3n) is 4.92. The van der Waals surface area contributed by atoms with E-state index in [1.54, 1.807) is 12.1 Å². The van der Waals surface area contributed by atoms with Crippen molar-refractivity contribution in [3.63, 3.8) is 0 Å². The highest BCUT2D eigenvalue weighted by molar-refractivity contribution is 7.89. The molecular weight excluding hydrogens is 356 g/mol. The molecule has 2 atom stereocenters. The third kappa shape index (κ3) is 4.22. The van der Waals surface area contributed by atoms with E-state index < -0.39 is 10.0 Å². The molecule has 1 aromatic rings. The molecule has 1 heterocycles. The monoisotopic (exact) mass is 380 g/mol. The van der Waals surface area contributed by atoms with Gasteiger partial charge in [-0.1, -0.05) is 12.5 Å². The van der Waals surface area contributed by atoms with Gasteiger partial charge in [0.15, 0.2) is 0 Å². The van der Waals surface area contributed by atoms with Gasteiger partial charge in [0.25, 0.3) is 0 Å². The Morgan fingerprint density at radius 2 is 2.15 bits per heavy atom. The largest absolute Gasteiger partial charge is 0.354 e. The predicted molar refractivity (Wildman–Crippen MR) is 96.8 cm³/mol. The van der Waals surface area contributed by atoms with Gasteiger partial charge in [-0.15, -0.1) is 0 Å². The molecule has 2 aliphatic rings. The van der Waals surface area contributed by atoms with Gasteiger partial charge < -0.3 is 16.4 Å². The quantitative estimate of drug-likeness (QED) is 0.677. The number of hydrogen-bond acceptors (Lipinski definition) is 5. The highest BCUT2D eigenvalue weighted by Gasteiger charge is 2.29. The first kappa shape index (κ1) is 18.8. The maximum atomic E-state index is 12.7. The first-order chi connectivity index (χ1) is 12.4. The third-order valence-corrected chi connectivity index (χ3v) is 6.77. The van der Waals surface area contributed by atoms with Gasteiger partial charge in [0.1, 0.15) is 0 Å². The number of carbonyl (C=O) groups is 2. The molecule has 1 aliphatic carbocycles. The van der Waals surface area contributed by atoms with Gasteiger partial charge in [0.2, 0.25) is 21.8 Å². The van der Waals surface area contributed by atoms with Crippen molar-refractivity contribution in [3.8, 4) is 0 Å². The van der Waals surface area contributed by atoms with E-state index in [1.807, 2.05) is 0 Å². The first-order valence-electron chi connectivity index (χ1n) is 8.78. The van der Waals surface area contributed by atoms with Crippen LogP contribution >= 0.6 is 0 Å². The number of nitrogens with zero attached hydrogens (tertiary/aromatic N) is 1. The van der Waals surface area contributed by atoms with Crippen LogP contribution in [-0.4, -0.2) is 50.2 Å². The van der Waals surface area contributed by atoms with Crippen LogP contribution < -0.4 is 16.4 Å². The van der Waals surface area contributed by atoms with Crippen LogP contribution in [0.4, 0.5) is 5.69 Å². The molecule has 9 heteroatoms. The fourth-order valence-corrected chi connectivity index (χ4v) is 4.92. The van der Waals surface area contributed by atoms with Gasteiger partial charge in [-0.05, 0) is 37.0 Å². The average Bonchev–Trinajstić information content (AvgIpc) is 3.00. The summed E-state index contributed by atoms with van der Waals surface area (Å²) in [7, 11) is -3.78. The van der Waals surface area contributed by atoms with E-state index in [4.69, 9.17) is 5.73 Å². The molecular formula is C17H24N4O4S. The number of anilines is 1. The summed E-state index contributed by atoms with van der Waals surface area (Å²) in [5, 5.41) is 5.36. The van der Waals surface area contributed by atoms with Crippen molar-refractivity contribution in [1.29, 1.82) is 0 Å². The Morgan fingerprint density at radius 1 is 1.35 bits per heavy atom. The Bertz CT molecular complexity index is 796. The van der Waals surface area contributed by atoms with Crippen molar-refractivity contribution >= 4 is 27.5 Å². The summed E-state index contributed by atoms with van der Waals surface area (Å²) in [6.07, 6.45) is 3.26. The smallest absolute Gasteiger partial charge is 0.243 e. The number of nitrogens with one attached hydrogen (secondary N) is 2. The maximum Gasteiger partial charge on any atom is 0.243 e. The Hall–Kier alpha value is -1.97. The molecule has 4 N–H and O–H groups in total. The molecule has 8 nitrogen and oxygen atoms in total. The van der Waals surface area contributed by atoms with Gasteiger partial charge in [0, 0.05) is 31.2 Å². The zero-order valence-electron chi connectivity index (χ0n) is 14.5. The zero-order chi connectivity index (χ0) is 18.7. The van der Waals surface area contributed by atoms with Crippen LogP contribution in [0.2, 0.25) is 0 Å². The van der Waals surface area contributed by atoms with E-state index >= 15 is 0 Å². The van der Waals surface area contributed by atoms with Crippen LogP contribution in [0.5, 0.6) is 0 Å². The van der Waals surface area contributed by atoms with Crippen LogP contribution in [-0.2, 0) is 19.6 Å². The first-order valence-corrected chi connectivity index (χ1v) is 10.2. The lowest BCUT2D eigenvalue weighted by Crippen LogP contribution is -2.49. The topological polar surface area (TPSA) is 122 Å². The number of rotatable bonds is 5. The fourth-order valence-electron chi connectivity index (χ4n) is 3.47. The molecule has 2 amide bonds. The lowest BCUT2D eigenvalue weighted by Gasteiger charge is -2.26. The van der Waals surface area contributed by atoms with E-state index in [9.17, 15) is 18.0 Å². The number of amides is 2. The predicted octanol–water partition coefficient (Wildman–Crippen LogP) is 0.263. The highest BCUT2D eigenvalue weighted by atomic mass is 32.2. The summed E-state index contributed by atoms with van der Waals surface area (Å²) >= 11 is 0. The van der Waals surface area contributed by atoms with Gasteiger partial charge in [-0.3, -0.25) is 9.59 Å². The molecule has 26 heavy (non-hydrogen) atoms. The fraction of sp³-hybridized carbons (Fsp3) is 0.529. The van der Waals surface area contributed by atoms with Crippen LogP contribution in [0.15, 0.2) is 29.2 Å². The standard InChI is InChI=1S/C17H24N4O4S/c18-15-6-1-3-12(15)9-16(22)20-13-4-2-5-14(10-13)26(24,25)21-8-7-19-17(23)11-21/h2,4-5,10,12,15H,1,3,6-9,11,18H2,(H,19,23)(H,20,22)/t12-,15+/m0/s1. The Kier molecular flexibility index (Phi) is 5.59. The van der Waals surface area contributed by atoms with E-state index in [0.717, 1.165) is 23.6 Å². The van der Waals surface area contributed by atoms with E-state index in [2.05, 4.69) is 10.6 Å². The van der Waals surface area contributed by atoms with Gasteiger partial charge in [-0.25, -0.2) is 8.42 Å². The van der Waals surface area contributed by atoms with Crippen molar-refractivity contribution in [2.24, 2.45) is 11.7 Å². The van der Waals surface area contributed by atoms with Crippen LogP contribution in [0.1, 0.15) is 25.7 Å². The number of piperazine rings is 1. The molecule has 0 bridgehead atoms. The molecule has 0 spiro atoms. The Morgan fingerprint density at radius 3 is 2.85 bits per heavy atom. The number of hydrogen-bond donors (Lipinski definition) is 3. The summed E-state index contributed by atoms with van der Waals surface area (Å²) in [5.74, 6) is -0.315. The van der Waals surface area contributed by atoms with Crippen LogP contribution in [0, 0.1) is 5.92 Å². The SMILES string of the molecule is N[C@@H]1CCC[C@H]1CC(=O)Nc1cccc(S(=O)(=O)N2CCNC(=O)C2)c1.